The molecule has 1 aliphatic heterocycles. The lowest BCUT2D eigenvalue weighted by molar-refractivity contribution is -0.118. The number of ether oxygens (including phenoxy) is 2. The number of nitriles is 1. The number of carbonyl (C=O) groups is 2. The van der Waals surface area contributed by atoms with E-state index in [0.717, 1.165) is 47.6 Å². The molecule has 5 aromatic rings. The molecule has 0 bridgehead atoms. The lowest BCUT2D eigenvalue weighted by atomic mass is 9.95. The molecule has 0 spiro atoms. The molecule has 1 saturated heterocycles. The molecular formula is C44H44N4O4S. The van der Waals surface area contributed by atoms with E-state index in [0.29, 0.717) is 29.1 Å². The second-order valence-electron chi connectivity index (χ2n) is 13.3. The van der Waals surface area contributed by atoms with Crippen molar-refractivity contribution in [3.05, 3.63) is 155 Å². The van der Waals surface area contributed by atoms with Gasteiger partial charge in [0.25, 0.3) is 0 Å². The summed E-state index contributed by atoms with van der Waals surface area (Å²) in [6.07, 6.45) is 1.80. The van der Waals surface area contributed by atoms with Crippen molar-refractivity contribution >= 4 is 35.2 Å². The Balaban J connectivity index is 1.24. The van der Waals surface area contributed by atoms with Crippen LogP contribution < -0.4 is 14.5 Å². The van der Waals surface area contributed by atoms with E-state index < -0.39 is 5.97 Å². The van der Waals surface area contributed by atoms with Gasteiger partial charge in [0.05, 0.1) is 18.2 Å². The van der Waals surface area contributed by atoms with Crippen LogP contribution in [0, 0.1) is 24.2 Å². The normalized spacial score (nSPS) is 13.0. The van der Waals surface area contributed by atoms with Crippen molar-refractivity contribution in [3.63, 3.8) is 0 Å². The maximum atomic E-state index is 14.3. The highest BCUT2D eigenvalue weighted by molar-refractivity contribution is 7.97. The summed E-state index contributed by atoms with van der Waals surface area (Å²) in [6, 6.07) is 42.8. The third-order valence-electron chi connectivity index (χ3n) is 9.30. The first-order valence-corrected chi connectivity index (χ1v) is 18.6. The van der Waals surface area contributed by atoms with Crippen LogP contribution in [0.25, 0.3) is 0 Å². The average molecular weight is 725 g/mol. The number of carbonyl (C=O) groups excluding carboxylic acids is 2. The van der Waals surface area contributed by atoms with Gasteiger partial charge in [-0.05, 0) is 104 Å². The van der Waals surface area contributed by atoms with Gasteiger partial charge in [-0.1, -0.05) is 78.4 Å². The Labute approximate surface area is 316 Å². The monoisotopic (exact) mass is 724 g/mol. The highest BCUT2D eigenvalue weighted by Crippen LogP contribution is 2.32. The Bertz CT molecular complexity index is 1990. The van der Waals surface area contributed by atoms with Crippen molar-refractivity contribution in [2.24, 2.45) is 5.92 Å². The number of rotatable bonds is 14. The van der Waals surface area contributed by atoms with Crippen LogP contribution in [-0.4, -0.2) is 49.4 Å². The fourth-order valence-electron chi connectivity index (χ4n) is 6.32. The van der Waals surface area contributed by atoms with Crippen molar-refractivity contribution in [1.82, 2.24) is 4.31 Å². The van der Waals surface area contributed by atoms with Gasteiger partial charge in [0, 0.05) is 42.0 Å². The minimum absolute atomic E-state index is 0.0463. The molecule has 8 nitrogen and oxygen atoms in total. The summed E-state index contributed by atoms with van der Waals surface area (Å²) in [5, 5.41) is 9.21. The third kappa shape index (κ3) is 10.5. The summed E-state index contributed by atoms with van der Waals surface area (Å²) < 4.78 is 14.0. The molecule has 1 fully saturated rings. The Hall–Kier alpha value is -5.56. The highest BCUT2D eigenvalue weighted by Gasteiger charge is 2.27. The molecule has 1 aliphatic rings. The standard InChI is InChI=1S/C44H44N4O4S/c1-33-13-20-40(21-14-33)53-46(2)30-43(49)48(29-35-23-25-47(26-24-35)38-17-15-34(28-45)16-18-38)39-19-22-41(44(50)52-32-37-11-7-4-8-12-37)42(27-39)51-31-36-9-5-3-6-10-36/h3-22,27,35H,23-26,29-32H2,1-2H3. The third-order valence-corrected chi connectivity index (χ3v) is 10.2. The lowest BCUT2D eigenvalue weighted by Crippen LogP contribution is -2.43. The van der Waals surface area contributed by atoms with Gasteiger partial charge >= 0.3 is 5.97 Å². The van der Waals surface area contributed by atoms with Crippen LogP contribution in [0.4, 0.5) is 11.4 Å². The van der Waals surface area contributed by atoms with E-state index in [2.05, 4.69) is 42.2 Å². The number of anilines is 2. The molecule has 6 rings (SSSR count). The molecule has 0 aromatic heterocycles. The maximum absolute atomic E-state index is 14.3. The van der Waals surface area contributed by atoms with Gasteiger partial charge in [-0.15, -0.1) is 0 Å². The summed E-state index contributed by atoms with van der Waals surface area (Å²) in [7, 11) is 1.93. The van der Waals surface area contributed by atoms with Crippen LogP contribution in [0.1, 0.15) is 45.5 Å². The predicted octanol–water partition coefficient (Wildman–Crippen LogP) is 8.69. The summed E-state index contributed by atoms with van der Waals surface area (Å²) >= 11 is 1.53. The number of likely N-dealkylation sites (N-methyl/N-ethyl adjacent to an activating group) is 1. The van der Waals surface area contributed by atoms with Gasteiger partial charge in [0.15, 0.2) is 0 Å². The van der Waals surface area contributed by atoms with E-state index in [-0.39, 0.29) is 31.6 Å². The number of amides is 1. The fraction of sp³-hybridized carbons (Fsp3) is 0.250. The van der Waals surface area contributed by atoms with Crippen LogP contribution in [-0.2, 0) is 22.7 Å². The Morgan fingerprint density at radius 2 is 1.47 bits per heavy atom. The van der Waals surface area contributed by atoms with Crippen molar-refractivity contribution in [2.45, 2.75) is 37.9 Å². The fourth-order valence-corrected chi connectivity index (χ4v) is 7.11. The van der Waals surface area contributed by atoms with Crippen molar-refractivity contribution < 1.29 is 19.1 Å². The van der Waals surface area contributed by atoms with E-state index in [9.17, 15) is 14.9 Å². The molecule has 1 heterocycles. The summed E-state index contributed by atoms with van der Waals surface area (Å²) in [5.41, 5.74) is 5.74. The molecule has 0 N–H and O–H groups in total. The van der Waals surface area contributed by atoms with Crippen LogP contribution in [0.3, 0.4) is 0 Å². The minimum atomic E-state index is -0.495. The Morgan fingerprint density at radius 1 is 0.830 bits per heavy atom. The molecule has 0 radical (unpaired) electrons. The first-order chi connectivity index (χ1) is 25.8. The predicted molar refractivity (Wildman–Crippen MR) is 211 cm³/mol. The molecule has 9 heteroatoms. The average Bonchev–Trinajstić information content (AvgIpc) is 3.20. The van der Waals surface area contributed by atoms with Gasteiger partial charge in [-0.2, -0.15) is 5.26 Å². The van der Waals surface area contributed by atoms with E-state index >= 15 is 0 Å². The second kappa shape index (κ2) is 18.3. The lowest BCUT2D eigenvalue weighted by Gasteiger charge is -2.36. The van der Waals surface area contributed by atoms with E-state index in [1.54, 1.807) is 12.1 Å². The Kier molecular flexibility index (Phi) is 12.8. The van der Waals surface area contributed by atoms with Crippen LogP contribution in [0.5, 0.6) is 5.75 Å². The number of hydrogen-bond acceptors (Lipinski definition) is 8. The molecule has 53 heavy (non-hydrogen) atoms. The first-order valence-electron chi connectivity index (χ1n) is 17.9. The van der Waals surface area contributed by atoms with Gasteiger partial charge in [0.2, 0.25) is 5.91 Å². The summed E-state index contributed by atoms with van der Waals surface area (Å²) in [6.45, 7) is 4.85. The Morgan fingerprint density at radius 3 is 2.11 bits per heavy atom. The van der Waals surface area contributed by atoms with Crippen LogP contribution in [0.2, 0.25) is 0 Å². The number of piperidine rings is 1. The molecule has 0 atom stereocenters. The molecule has 0 saturated carbocycles. The van der Waals surface area contributed by atoms with Crippen LogP contribution in [0.15, 0.2) is 132 Å². The number of aryl methyl sites for hydroxylation is 1. The van der Waals surface area contributed by atoms with E-state index in [1.165, 1.54) is 17.5 Å². The minimum Gasteiger partial charge on any atom is -0.488 e. The summed E-state index contributed by atoms with van der Waals surface area (Å²) in [4.78, 5) is 33.0. The first kappa shape index (κ1) is 37.2. The molecule has 270 valence electrons. The maximum Gasteiger partial charge on any atom is 0.342 e. The SMILES string of the molecule is Cc1ccc(SN(C)CC(=O)N(CC2CCN(c3ccc(C#N)cc3)CC2)c2ccc(C(=O)OCc3ccccc3)c(OCc3ccccc3)c2)cc1. The molecule has 0 unspecified atom stereocenters. The van der Waals surface area contributed by atoms with Gasteiger partial charge in [-0.25, -0.2) is 9.10 Å². The van der Waals surface area contributed by atoms with Gasteiger partial charge in [0.1, 0.15) is 24.5 Å². The quantitative estimate of drug-likeness (QED) is 0.0831. The number of benzene rings is 5. The van der Waals surface area contributed by atoms with Gasteiger partial charge < -0.3 is 19.3 Å². The molecule has 0 aliphatic carbocycles. The summed E-state index contributed by atoms with van der Waals surface area (Å²) in [5.74, 6) is 0.0777. The smallest absolute Gasteiger partial charge is 0.342 e. The van der Waals surface area contributed by atoms with Crippen molar-refractivity contribution in [3.8, 4) is 11.8 Å². The number of nitrogens with zero attached hydrogens (tertiary/aromatic N) is 4. The molecular weight excluding hydrogens is 681 g/mol. The number of esters is 1. The van der Waals surface area contributed by atoms with Crippen molar-refractivity contribution in [1.29, 1.82) is 5.26 Å². The number of hydrogen-bond donors (Lipinski definition) is 0. The van der Waals surface area contributed by atoms with E-state index in [4.69, 9.17) is 9.47 Å². The van der Waals surface area contributed by atoms with Crippen LogP contribution >= 0.6 is 11.9 Å². The zero-order valence-electron chi connectivity index (χ0n) is 30.2. The zero-order valence-corrected chi connectivity index (χ0v) is 31.0. The molecule has 1 amide bonds. The second-order valence-corrected chi connectivity index (χ2v) is 14.6. The zero-order chi connectivity index (χ0) is 37.0. The topological polar surface area (TPSA) is 86.1 Å². The highest BCUT2D eigenvalue weighted by atomic mass is 32.2. The van der Waals surface area contributed by atoms with Crippen molar-refractivity contribution in [2.75, 3.05) is 43.0 Å². The van der Waals surface area contributed by atoms with E-state index in [1.807, 2.05) is 107 Å². The largest absolute Gasteiger partial charge is 0.488 e. The van der Waals surface area contributed by atoms with Gasteiger partial charge in [-0.3, -0.25) is 4.79 Å². The molecule has 5 aromatic carbocycles.